The molecule has 2 atom stereocenters. The van der Waals surface area contributed by atoms with Crippen molar-refractivity contribution in [2.45, 2.75) is 39.5 Å². The van der Waals surface area contributed by atoms with E-state index in [-0.39, 0.29) is 0 Å². The third-order valence-corrected chi connectivity index (χ3v) is 3.74. The summed E-state index contributed by atoms with van der Waals surface area (Å²) in [6.07, 6.45) is 14.4. The molecule has 0 spiro atoms. The van der Waals surface area contributed by atoms with Gasteiger partial charge in [-0.05, 0) is 51.2 Å². The first-order valence-corrected chi connectivity index (χ1v) is 6.78. The van der Waals surface area contributed by atoms with Crippen molar-refractivity contribution in [3.8, 4) is 0 Å². The van der Waals surface area contributed by atoms with Crippen molar-refractivity contribution < 1.29 is 0 Å². The maximum atomic E-state index is 2.42. The predicted molar refractivity (Wildman–Crippen MR) is 72.6 cm³/mol. The fraction of sp³-hybridized carbons (Fsp3) is 0.733. The number of rotatable bonds is 7. The average molecular weight is 221 g/mol. The van der Waals surface area contributed by atoms with Gasteiger partial charge in [-0.3, -0.25) is 0 Å². The van der Waals surface area contributed by atoms with E-state index < -0.39 is 0 Å². The van der Waals surface area contributed by atoms with Crippen molar-refractivity contribution >= 4 is 0 Å². The topological polar surface area (TPSA) is 3.24 Å². The normalized spacial score (nSPS) is 21.6. The molecular weight excluding hydrogens is 194 g/mol. The molecule has 0 heterocycles. The molecule has 1 nitrogen and oxygen atoms in total. The minimum absolute atomic E-state index is 0.793. The smallest absolute Gasteiger partial charge is 0.00193 e. The SMILES string of the molecule is CCC(CCN(C)CC)CC1C=CC=CC1. The lowest BCUT2D eigenvalue weighted by Crippen LogP contribution is -2.21. The zero-order chi connectivity index (χ0) is 11.8. The summed E-state index contributed by atoms with van der Waals surface area (Å²) in [4.78, 5) is 2.42. The average Bonchev–Trinajstić information content (AvgIpc) is 2.35. The van der Waals surface area contributed by atoms with Crippen molar-refractivity contribution in [1.29, 1.82) is 0 Å². The van der Waals surface area contributed by atoms with E-state index in [9.17, 15) is 0 Å². The van der Waals surface area contributed by atoms with E-state index in [1.54, 1.807) is 0 Å². The Labute approximate surface area is 101 Å². The van der Waals surface area contributed by atoms with Crippen LogP contribution in [0, 0.1) is 11.8 Å². The highest BCUT2D eigenvalue weighted by molar-refractivity contribution is 5.10. The summed E-state index contributed by atoms with van der Waals surface area (Å²) >= 11 is 0. The van der Waals surface area contributed by atoms with Gasteiger partial charge in [-0.2, -0.15) is 0 Å². The van der Waals surface area contributed by atoms with E-state index in [0.29, 0.717) is 0 Å². The highest BCUT2D eigenvalue weighted by Gasteiger charge is 2.13. The van der Waals surface area contributed by atoms with Gasteiger partial charge in [0.15, 0.2) is 0 Å². The van der Waals surface area contributed by atoms with Crippen LogP contribution in [0.25, 0.3) is 0 Å². The highest BCUT2D eigenvalue weighted by atomic mass is 15.1. The molecule has 0 aliphatic heterocycles. The van der Waals surface area contributed by atoms with E-state index in [1.165, 1.54) is 38.8 Å². The van der Waals surface area contributed by atoms with Crippen LogP contribution in [-0.4, -0.2) is 25.0 Å². The zero-order valence-corrected chi connectivity index (χ0v) is 11.2. The molecule has 0 bridgehead atoms. The van der Waals surface area contributed by atoms with Crippen molar-refractivity contribution in [3.05, 3.63) is 24.3 Å². The van der Waals surface area contributed by atoms with Crippen LogP contribution >= 0.6 is 0 Å². The lowest BCUT2D eigenvalue weighted by molar-refractivity contribution is 0.289. The minimum Gasteiger partial charge on any atom is -0.307 e. The molecule has 92 valence electrons. The van der Waals surface area contributed by atoms with Crippen LogP contribution in [0.4, 0.5) is 0 Å². The zero-order valence-electron chi connectivity index (χ0n) is 11.2. The summed E-state index contributed by atoms with van der Waals surface area (Å²) in [5, 5.41) is 0. The molecule has 0 N–H and O–H groups in total. The summed E-state index contributed by atoms with van der Waals surface area (Å²) in [5.41, 5.74) is 0. The van der Waals surface area contributed by atoms with Gasteiger partial charge in [0.25, 0.3) is 0 Å². The quantitative estimate of drug-likeness (QED) is 0.630. The second-order valence-electron chi connectivity index (χ2n) is 5.00. The first-order valence-electron chi connectivity index (χ1n) is 6.78. The summed E-state index contributed by atoms with van der Waals surface area (Å²) in [6.45, 7) is 6.98. The molecule has 0 saturated carbocycles. The molecule has 0 aromatic heterocycles. The largest absolute Gasteiger partial charge is 0.307 e. The van der Waals surface area contributed by atoms with Crippen LogP contribution in [0.3, 0.4) is 0 Å². The summed E-state index contributed by atoms with van der Waals surface area (Å²) in [6, 6.07) is 0. The monoisotopic (exact) mass is 221 g/mol. The third-order valence-electron chi connectivity index (χ3n) is 3.74. The number of nitrogens with zero attached hydrogens (tertiary/aromatic N) is 1. The Balaban J connectivity index is 2.25. The highest BCUT2D eigenvalue weighted by Crippen LogP contribution is 2.24. The first-order chi connectivity index (χ1) is 7.76. The Morgan fingerprint density at radius 3 is 2.69 bits per heavy atom. The van der Waals surface area contributed by atoms with Crippen molar-refractivity contribution in [1.82, 2.24) is 4.90 Å². The summed E-state index contributed by atoms with van der Waals surface area (Å²) in [7, 11) is 2.22. The van der Waals surface area contributed by atoms with Gasteiger partial charge in [0.05, 0.1) is 0 Å². The lowest BCUT2D eigenvalue weighted by Gasteiger charge is -2.23. The van der Waals surface area contributed by atoms with Crippen molar-refractivity contribution in [2.24, 2.45) is 11.8 Å². The molecule has 1 aliphatic rings. The molecule has 1 aliphatic carbocycles. The van der Waals surface area contributed by atoms with Crippen LogP contribution in [-0.2, 0) is 0 Å². The molecular formula is C15H27N. The fourth-order valence-corrected chi connectivity index (χ4v) is 2.28. The van der Waals surface area contributed by atoms with Crippen molar-refractivity contribution in [3.63, 3.8) is 0 Å². The van der Waals surface area contributed by atoms with Crippen LogP contribution in [0.5, 0.6) is 0 Å². The predicted octanol–water partition coefficient (Wildman–Crippen LogP) is 3.88. The molecule has 2 unspecified atom stereocenters. The Hall–Kier alpha value is -0.560. The van der Waals surface area contributed by atoms with Crippen LogP contribution in [0.1, 0.15) is 39.5 Å². The minimum atomic E-state index is 0.793. The Morgan fingerprint density at radius 1 is 1.31 bits per heavy atom. The second-order valence-corrected chi connectivity index (χ2v) is 5.00. The molecule has 0 amide bonds. The molecule has 16 heavy (non-hydrogen) atoms. The van der Waals surface area contributed by atoms with E-state index in [2.05, 4.69) is 50.1 Å². The molecule has 0 fully saturated rings. The Morgan fingerprint density at radius 2 is 2.12 bits per heavy atom. The molecule has 1 rings (SSSR count). The maximum Gasteiger partial charge on any atom is -0.00193 e. The van der Waals surface area contributed by atoms with E-state index in [0.717, 1.165) is 11.8 Å². The van der Waals surface area contributed by atoms with Gasteiger partial charge in [-0.25, -0.2) is 0 Å². The number of allylic oxidation sites excluding steroid dienone is 4. The maximum absolute atomic E-state index is 2.42. The van der Waals surface area contributed by atoms with Crippen LogP contribution in [0.15, 0.2) is 24.3 Å². The van der Waals surface area contributed by atoms with E-state index in [4.69, 9.17) is 0 Å². The summed E-state index contributed by atoms with van der Waals surface area (Å²) < 4.78 is 0. The number of hydrogen-bond donors (Lipinski definition) is 0. The van der Waals surface area contributed by atoms with Gasteiger partial charge < -0.3 is 4.90 Å². The van der Waals surface area contributed by atoms with E-state index in [1.807, 2.05) is 0 Å². The fourth-order valence-electron chi connectivity index (χ4n) is 2.28. The summed E-state index contributed by atoms with van der Waals surface area (Å²) in [5.74, 6) is 1.69. The van der Waals surface area contributed by atoms with Gasteiger partial charge in [-0.15, -0.1) is 0 Å². The molecule has 1 heteroatoms. The van der Waals surface area contributed by atoms with Crippen LogP contribution in [0.2, 0.25) is 0 Å². The Bertz CT molecular complexity index is 230. The first kappa shape index (κ1) is 13.5. The van der Waals surface area contributed by atoms with Gasteiger partial charge in [-0.1, -0.05) is 44.6 Å². The standard InChI is InChI=1S/C15H27N/c1-4-14(11-12-16(3)5-2)13-15-9-7-6-8-10-15/h6-9,14-15H,4-5,10-13H2,1-3H3. The van der Waals surface area contributed by atoms with Gasteiger partial charge in [0.1, 0.15) is 0 Å². The third kappa shape index (κ3) is 4.98. The van der Waals surface area contributed by atoms with Crippen molar-refractivity contribution in [2.75, 3.05) is 20.1 Å². The van der Waals surface area contributed by atoms with Gasteiger partial charge in [0, 0.05) is 0 Å². The lowest BCUT2D eigenvalue weighted by atomic mass is 9.86. The van der Waals surface area contributed by atoms with Crippen LogP contribution < -0.4 is 0 Å². The van der Waals surface area contributed by atoms with Gasteiger partial charge >= 0.3 is 0 Å². The molecule has 0 aromatic carbocycles. The van der Waals surface area contributed by atoms with Gasteiger partial charge in [0.2, 0.25) is 0 Å². The van der Waals surface area contributed by atoms with E-state index >= 15 is 0 Å². The number of hydrogen-bond acceptors (Lipinski definition) is 1. The molecule has 0 saturated heterocycles. The Kier molecular flexibility index (Phi) is 6.47. The molecule has 0 radical (unpaired) electrons. The second kappa shape index (κ2) is 7.67. The molecule has 0 aromatic rings.